The molecule has 0 atom stereocenters. The molecule has 1 aromatic heterocycles. The summed E-state index contributed by atoms with van der Waals surface area (Å²) in [5, 5.41) is 17.4. The van der Waals surface area contributed by atoms with Gasteiger partial charge in [-0.3, -0.25) is 4.98 Å². The van der Waals surface area contributed by atoms with Gasteiger partial charge in [-0.1, -0.05) is 28.7 Å². The van der Waals surface area contributed by atoms with Crippen LogP contribution in [-0.2, 0) is 4.43 Å². The smallest absolute Gasteiger partial charge is 0.423 e. The Morgan fingerprint density at radius 3 is 2.55 bits per heavy atom. The molecule has 58 valence electrons. The van der Waals surface area contributed by atoms with E-state index in [1.807, 2.05) is 0 Å². The Morgan fingerprint density at radius 2 is 2.18 bits per heavy atom. The average Bonchev–Trinajstić information content (AvgIpc) is 2.05. The lowest BCUT2D eigenvalue weighted by atomic mass is 9.82. The molecule has 0 radical (unpaired) electrons. The minimum absolute atomic E-state index is 0.429. The van der Waals surface area contributed by atoms with Crippen molar-refractivity contribution in [1.82, 2.24) is 4.98 Å². The quantitative estimate of drug-likeness (QED) is 0.437. The number of rotatable bonds is 2. The summed E-state index contributed by atoms with van der Waals surface area (Å²) in [5.41, 5.74) is 1.37. The molecule has 1 rings (SSSR count). The van der Waals surface area contributed by atoms with Crippen LogP contribution in [0.5, 0.6) is 0 Å². The highest BCUT2D eigenvalue weighted by Crippen LogP contribution is 1.98. The van der Waals surface area contributed by atoms with Crippen molar-refractivity contribution in [3.8, 4) is 0 Å². The number of hydrogen-bond donors (Lipinski definition) is 2. The van der Waals surface area contributed by atoms with Gasteiger partial charge in [-0.15, -0.1) is 0 Å². The molecule has 0 spiro atoms. The number of nitrogens with zero attached hydrogens (tertiary/aromatic N) is 1. The Labute approximate surface area is 78.8 Å². The minimum atomic E-state index is -1.41. The summed E-state index contributed by atoms with van der Waals surface area (Å²) in [6, 6.07) is 3.44. The third kappa shape index (κ3) is 2.42. The third-order valence-electron chi connectivity index (χ3n) is 1.28. The van der Waals surface area contributed by atoms with Crippen molar-refractivity contribution in [2.75, 3.05) is 0 Å². The normalized spacial score (nSPS) is 9.73. The van der Waals surface area contributed by atoms with Crippen molar-refractivity contribution in [1.29, 1.82) is 0 Å². The summed E-state index contributed by atoms with van der Waals surface area (Å²) in [5.74, 6) is 0. The van der Waals surface area contributed by atoms with Gasteiger partial charge in [-0.2, -0.15) is 0 Å². The van der Waals surface area contributed by atoms with Gasteiger partial charge < -0.3 is 10.0 Å². The molecule has 0 fully saturated rings. The van der Waals surface area contributed by atoms with Crippen LogP contribution in [-0.4, -0.2) is 22.2 Å². The van der Waals surface area contributed by atoms with Crippen LogP contribution in [0.25, 0.3) is 0 Å². The zero-order valence-corrected chi connectivity index (χ0v) is 7.89. The summed E-state index contributed by atoms with van der Waals surface area (Å²) in [6.45, 7) is 0. The van der Waals surface area contributed by atoms with Gasteiger partial charge in [0.25, 0.3) is 0 Å². The minimum Gasteiger partial charge on any atom is -0.423 e. The molecule has 2 N–H and O–H groups in total. The molecular formula is C6H7BINO2. The first-order valence-corrected chi connectivity index (χ1v) is 4.63. The van der Waals surface area contributed by atoms with Crippen molar-refractivity contribution < 1.29 is 10.0 Å². The maximum absolute atomic E-state index is 8.70. The summed E-state index contributed by atoms with van der Waals surface area (Å²) >= 11 is 2.19. The molecule has 5 heteroatoms. The molecule has 0 unspecified atom stereocenters. The van der Waals surface area contributed by atoms with Crippen LogP contribution in [0, 0.1) is 0 Å². The van der Waals surface area contributed by atoms with E-state index in [1.165, 1.54) is 6.20 Å². The maximum atomic E-state index is 8.70. The van der Waals surface area contributed by atoms with E-state index in [2.05, 4.69) is 27.6 Å². The van der Waals surface area contributed by atoms with Crippen LogP contribution in [0.4, 0.5) is 0 Å². The number of alkyl halides is 1. The molecule has 11 heavy (non-hydrogen) atoms. The number of hydrogen-bond acceptors (Lipinski definition) is 3. The van der Waals surface area contributed by atoms with E-state index in [9.17, 15) is 0 Å². The lowest BCUT2D eigenvalue weighted by molar-refractivity contribution is 0.425. The second-order valence-electron chi connectivity index (χ2n) is 2.09. The first-order chi connectivity index (χ1) is 5.24. The molecule has 3 nitrogen and oxygen atoms in total. The molecule has 0 saturated heterocycles. The molecule has 0 aliphatic carbocycles. The van der Waals surface area contributed by atoms with Crippen LogP contribution < -0.4 is 5.46 Å². The van der Waals surface area contributed by atoms with Gasteiger partial charge in [-0.25, -0.2) is 0 Å². The fraction of sp³-hybridized carbons (Fsp3) is 0.167. The van der Waals surface area contributed by atoms with Gasteiger partial charge in [-0.05, 0) is 6.07 Å². The number of aromatic nitrogens is 1. The van der Waals surface area contributed by atoms with E-state index < -0.39 is 7.12 Å². The molecular weight excluding hydrogens is 256 g/mol. The monoisotopic (exact) mass is 263 g/mol. The SMILES string of the molecule is OB(O)c1ccc(CI)nc1. The second-order valence-corrected chi connectivity index (χ2v) is 2.85. The first kappa shape index (κ1) is 8.96. The van der Waals surface area contributed by atoms with Gasteiger partial charge in [0, 0.05) is 16.1 Å². The number of pyridine rings is 1. The van der Waals surface area contributed by atoms with Gasteiger partial charge >= 0.3 is 7.12 Å². The van der Waals surface area contributed by atoms with E-state index in [-0.39, 0.29) is 0 Å². The average molecular weight is 263 g/mol. The fourth-order valence-corrected chi connectivity index (χ4v) is 1.12. The van der Waals surface area contributed by atoms with E-state index in [0.29, 0.717) is 5.46 Å². The van der Waals surface area contributed by atoms with Gasteiger partial charge in [0.05, 0.1) is 5.69 Å². The molecule has 1 aromatic rings. The predicted molar refractivity (Wildman–Crippen MR) is 51.8 cm³/mol. The largest absolute Gasteiger partial charge is 0.490 e. The lowest BCUT2D eigenvalue weighted by Crippen LogP contribution is -2.30. The van der Waals surface area contributed by atoms with Crippen LogP contribution in [0.2, 0.25) is 0 Å². The van der Waals surface area contributed by atoms with E-state index in [0.717, 1.165) is 10.1 Å². The zero-order chi connectivity index (χ0) is 8.27. The Balaban J connectivity index is 2.83. The summed E-state index contributed by atoms with van der Waals surface area (Å²) in [6.07, 6.45) is 1.47. The van der Waals surface area contributed by atoms with E-state index in [4.69, 9.17) is 10.0 Å². The van der Waals surface area contributed by atoms with Crippen LogP contribution >= 0.6 is 22.6 Å². The van der Waals surface area contributed by atoms with Crippen molar-refractivity contribution in [2.45, 2.75) is 4.43 Å². The Morgan fingerprint density at radius 1 is 1.45 bits per heavy atom. The highest BCUT2D eigenvalue weighted by Gasteiger charge is 2.09. The van der Waals surface area contributed by atoms with E-state index in [1.54, 1.807) is 12.1 Å². The predicted octanol–water partition coefficient (Wildman–Crippen LogP) is -0.304. The molecule has 0 aliphatic heterocycles. The molecule has 0 aromatic carbocycles. The standard InChI is InChI=1S/C6H7BINO2/c8-3-6-2-1-5(4-9-6)7(10)11/h1-2,4,10-11H,3H2. The molecule has 0 bridgehead atoms. The first-order valence-electron chi connectivity index (χ1n) is 3.11. The van der Waals surface area contributed by atoms with Crippen molar-refractivity contribution >= 4 is 35.2 Å². The Kier molecular flexibility index (Phi) is 3.28. The van der Waals surface area contributed by atoms with Crippen molar-refractivity contribution in [3.63, 3.8) is 0 Å². The summed E-state index contributed by atoms with van der Waals surface area (Å²) in [7, 11) is -1.41. The fourth-order valence-electron chi connectivity index (χ4n) is 0.668. The van der Waals surface area contributed by atoms with Crippen LogP contribution in [0.3, 0.4) is 0 Å². The van der Waals surface area contributed by atoms with Gasteiger partial charge in [0.15, 0.2) is 0 Å². The number of halogens is 1. The van der Waals surface area contributed by atoms with Gasteiger partial charge in [0.1, 0.15) is 0 Å². The summed E-state index contributed by atoms with van der Waals surface area (Å²) in [4.78, 5) is 3.99. The van der Waals surface area contributed by atoms with Crippen molar-refractivity contribution in [3.05, 3.63) is 24.0 Å². The highest BCUT2D eigenvalue weighted by molar-refractivity contribution is 14.1. The molecule has 0 saturated carbocycles. The molecule has 0 aliphatic rings. The molecule has 1 heterocycles. The Hall–Kier alpha value is -0.135. The summed E-state index contributed by atoms with van der Waals surface area (Å²) < 4.78 is 0.833. The maximum Gasteiger partial charge on any atom is 0.490 e. The van der Waals surface area contributed by atoms with Gasteiger partial charge in [0.2, 0.25) is 0 Å². The van der Waals surface area contributed by atoms with Crippen LogP contribution in [0.1, 0.15) is 5.69 Å². The topological polar surface area (TPSA) is 53.4 Å². The Bertz CT molecular complexity index is 227. The van der Waals surface area contributed by atoms with E-state index >= 15 is 0 Å². The zero-order valence-electron chi connectivity index (χ0n) is 5.74. The molecule has 0 amide bonds. The van der Waals surface area contributed by atoms with Crippen molar-refractivity contribution in [2.24, 2.45) is 0 Å². The lowest BCUT2D eigenvalue weighted by Gasteiger charge is -1.98. The second kappa shape index (κ2) is 4.03. The van der Waals surface area contributed by atoms with Crippen LogP contribution in [0.15, 0.2) is 18.3 Å². The third-order valence-corrected chi connectivity index (χ3v) is 2.06. The highest BCUT2D eigenvalue weighted by atomic mass is 127.